The summed E-state index contributed by atoms with van der Waals surface area (Å²) in [7, 11) is 0. The molecule has 0 radical (unpaired) electrons. The first-order valence-electron chi connectivity index (χ1n) is 17.5. The molecule has 1 nitrogen and oxygen atoms in total. The summed E-state index contributed by atoms with van der Waals surface area (Å²) in [4.78, 5) is 0. The average Bonchev–Trinajstić information content (AvgIpc) is 3.66. The summed E-state index contributed by atoms with van der Waals surface area (Å²) in [6.07, 6.45) is 0. The van der Waals surface area contributed by atoms with E-state index in [0.29, 0.717) is 0 Å². The molecular formula is C49H32O. The molecule has 1 heterocycles. The van der Waals surface area contributed by atoms with Gasteiger partial charge in [0.25, 0.3) is 0 Å². The maximum absolute atomic E-state index is 6.98. The van der Waals surface area contributed by atoms with Crippen LogP contribution in [0.2, 0.25) is 0 Å². The Labute approximate surface area is 290 Å². The van der Waals surface area contributed by atoms with Crippen LogP contribution in [0.15, 0.2) is 162 Å². The van der Waals surface area contributed by atoms with Crippen LogP contribution in [0.5, 0.6) is 0 Å². The fourth-order valence-electron chi connectivity index (χ4n) is 9.22. The first-order chi connectivity index (χ1) is 24.6. The maximum atomic E-state index is 6.98. The van der Waals surface area contributed by atoms with Gasteiger partial charge in [-0.1, -0.05) is 153 Å². The summed E-state index contributed by atoms with van der Waals surface area (Å²) in [5, 5.41) is 12.4. The van der Waals surface area contributed by atoms with E-state index >= 15 is 0 Å². The predicted octanol–water partition coefficient (Wildman–Crippen LogP) is 13.8. The third-order valence-corrected chi connectivity index (χ3v) is 11.4. The minimum Gasteiger partial charge on any atom is -0.455 e. The number of rotatable bonds is 2. The minimum atomic E-state index is -0.232. The predicted molar refractivity (Wildman–Crippen MR) is 212 cm³/mol. The van der Waals surface area contributed by atoms with Crippen molar-refractivity contribution in [3.05, 3.63) is 169 Å². The largest absolute Gasteiger partial charge is 0.455 e. The SMILES string of the molecule is CC1(C)c2cc(-c3c4ccccc4c(-c4ccc5ccccc5c4)c4ccccc34)c3c(oc4ccccc43)c2-c2ccc3ccccc3c21. The number of benzene rings is 9. The van der Waals surface area contributed by atoms with E-state index in [1.807, 2.05) is 0 Å². The third kappa shape index (κ3) is 3.62. The lowest BCUT2D eigenvalue weighted by Gasteiger charge is -2.24. The molecule has 234 valence electrons. The number of furan rings is 1. The van der Waals surface area contributed by atoms with E-state index in [1.54, 1.807) is 0 Å². The van der Waals surface area contributed by atoms with Gasteiger partial charge in [0, 0.05) is 21.8 Å². The summed E-state index contributed by atoms with van der Waals surface area (Å²) in [5.74, 6) is 0. The lowest BCUT2D eigenvalue weighted by Crippen LogP contribution is -2.15. The van der Waals surface area contributed by atoms with Gasteiger partial charge < -0.3 is 4.42 Å². The Morgan fingerprint density at radius 1 is 0.420 bits per heavy atom. The van der Waals surface area contributed by atoms with Gasteiger partial charge in [0.2, 0.25) is 0 Å². The van der Waals surface area contributed by atoms with Crippen LogP contribution >= 0.6 is 0 Å². The second-order valence-corrected chi connectivity index (χ2v) is 14.4. The first kappa shape index (κ1) is 27.7. The summed E-state index contributed by atoms with van der Waals surface area (Å²) < 4.78 is 6.98. The number of fused-ring (bicyclic) bond motifs is 12. The van der Waals surface area contributed by atoms with E-state index in [9.17, 15) is 0 Å². The smallest absolute Gasteiger partial charge is 0.144 e. The van der Waals surface area contributed by atoms with E-state index in [-0.39, 0.29) is 5.41 Å². The molecule has 0 atom stereocenters. The van der Waals surface area contributed by atoms with E-state index in [1.165, 1.54) is 93.0 Å². The second-order valence-electron chi connectivity index (χ2n) is 14.4. The molecule has 11 rings (SSSR count). The van der Waals surface area contributed by atoms with Crippen molar-refractivity contribution in [2.75, 3.05) is 0 Å². The van der Waals surface area contributed by atoms with Crippen LogP contribution in [0, 0.1) is 0 Å². The molecule has 9 aromatic carbocycles. The lowest BCUT2D eigenvalue weighted by atomic mass is 9.78. The normalized spacial score (nSPS) is 13.6. The highest BCUT2D eigenvalue weighted by molar-refractivity contribution is 6.27. The van der Waals surface area contributed by atoms with Crippen LogP contribution in [0.4, 0.5) is 0 Å². The molecular weight excluding hydrogens is 605 g/mol. The third-order valence-electron chi connectivity index (χ3n) is 11.4. The van der Waals surface area contributed by atoms with Crippen molar-refractivity contribution < 1.29 is 4.42 Å². The van der Waals surface area contributed by atoms with Crippen molar-refractivity contribution in [2.24, 2.45) is 0 Å². The van der Waals surface area contributed by atoms with Crippen LogP contribution in [0.25, 0.3) is 98.4 Å². The highest BCUT2D eigenvalue weighted by Gasteiger charge is 2.40. The number of para-hydroxylation sites is 1. The van der Waals surface area contributed by atoms with Gasteiger partial charge in [-0.05, 0) is 100 Å². The van der Waals surface area contributed by atoms with Crippen molar-refractivity contribution >= 4 is 65.0 Å². The molecule has 0 N–H and O–H groups in total. The van der Waals surface area contributed by atoms with E-state index in [2.05, 4.69) is 172 Å². The van der Waals surface area contributed by atoms with Crippen molar-refractivity contribution in [3.63, 3.8) is 0 Å². The zero-order chi connectivity index (χ0) is 33.1. The van der Waals surface area contributed by atoms with Crippen molar-refractivity contribution in [1.29, 1.82) is 0 Å². The average molecular weight is 637 g/mol. The highest BCUT2D eigenvalue weighted by atomic mass is 16.3. The molecule has 0 spiro atoms. The lowest BCUT2D eigenvalue weighted by molar-refractivity contribution is 0.657. The molecule has 0 fully saturated rings. The Kier molecular flexibility index (Phi) is 5.51. The van der Waals surface area contributed by atoms with Crippen LogP contribution in [-0.4, -0.2) is 0 Å². The number of hydrogen-bond acceptors (Lipinski definition) is 1. The van der Waals surface area contributed by atoms with Gasteiger partial charge in [-0.3, -0.25) is 0 Å². The van der Waals surface area contributed by atoms with Crippen molar-refractivity contribution in [3.8, 4) is 33.4 Å². The zero-order valence-electron chi connectivity index (χ0n) is 27.9. The molecule has 0 amide bonds. The Bertz CT molecular complexity index is 3010. The standard InChI is InChI=1S/C49H32O/c1-49(2)41-28-40(45-38-21-11-12-22-42(38)50-48(45)46(41)39-26-25-30-14-5-6-16-33(30)47(39)49)44-36-19-9-7-17-34(36)43(35-18-8-10-20-37(35)44)32-24-23-29-13-3-4-15-31(29)27-32/h3-28H,1-2H3. The summed E-state index contributed by atoms with van der Waals surface area (Å²) in [5.41, 5.74) is 11.9. The van der Waals surface area contributed by atoms with Gasteiger partial charge in [-0.25, -0.2) is 0 Å². The minimum absolute atomic E-state index is 0.232. The van der Waals surface area contributed by atoms with E-state index in [4.69, 9.17) is 4.42 Å². The topological polar surface area (TPSA) is 13.1 Å². The van der Waals surface area contributed by atoms with Gasteiger partial charge in [-0.2, -0.15) is 0 Å². The molecule has 1 aliphatic rings. The Morgan fingerprint density at radius 3 is 1.70 bits per heavy atom. The van der Waals surface area contributed by atoms with Crippen LogP contribution in [0.1, 0.15) is 25.0 Å². The molecule has 1 aliphatic carbocycles. The fourth-order valence-corrected chi connectivity index (χ4v) is 9.22. The molecule has 0 unspecified atom stereocenters. The Hall–Kier alpha value is -6.18. The molecule has 0 saturated heterocycles. The molecule has 1 aromatic heterocycles. The molecule has 10 aromatic rings. The van der Waals surface area contributed by atoms with E-state index < -0.39 is 0 Å². The monoisotopic (exact) mass is 636 g/mol. The first-order valence-corrected chi connectivity index (χ1v) is 17.5. The molecule has 50 heavy (non-hydrogen) atoms. The molecule has 0 bridgehead atoms. The van der Waals surface area contributed by atoms with Gasteiger partial charge in [0.15, 0.2) is 0 Å². The van der Waals surface area contributed by atoms with Crippen LogP contribution in [-0.2, 0) is 5.41 Å². The Balaban J connectivity index is 1.31. The van der Waals surface area contributed by atoms with Gasteiger partial charge >= 0.3 is 0 Å². The summed E-state index contributed by atoms with van der Waals surface area (Å²) in [6.45, 7) is 4.78. The van der Waals surface area contributed by atoms with Gasteiger partial charge in [0.05, 0.1) is 0 Å². The highest BCUT2D eigenvalue weighted by Crippen LogP contribution is 2.57. The summed E-state index contributed by atoms with van der Waals surface area (Å²) in [6, 6.07) is 58.0. The zero-order valence-corrected chi connectivity index (χ0v) is 27.9. The van der Waals surface area contributed by atoms with Gasteiger partial charge in [0.1, 0.15) is 11.2 Å². The Morgan fingerprint density at radius 2 is 0.980 bits per heavy atom. The summed E-state index contributed by atoms with van der Waals surface area (Å²) >= 11 is 0. The van der Waals surface area contributed by atoms with Crippen molar-refractivity contribution in [1.82, 2.24) is 0 Å². The van der Waals surface area contributed by atoms with Crippen LogP contribution < -0.4 is 0 Å². The molecule has 1 heteroatoms. The number of hydrogen-bond donors (Lipinski definition) is 0. The quantitative estimate of drug-likeness (QED) is 0.172. The van der Waals surface area contributed by atoms with Gasteiger partial charge in [-0.15, -0.1) is 0 Å². The van der Waals surface area contributed by atoms with E-state index in [0.717, 1.165) is 16.6 Å². The van der Waals surface area contributed by atoms with Crippen molar-refractivity contribution in [2.45, 2.75) is 19.3 Å². The maximum Gasteiger partial charge on any atom is 0.144 e. The fraction of sp³-hybridized carbons (Fsp3) is 0.0612. The second kappa shape index (κ2) is 9.94. The van der Waals surface area contributed by atoms with Crippen LogP contribution in [0.3, 0.4) is 0 Å². The molecule has 0 saturated carbocycles. The molecule has 0 aliphatic heterocycles.